The van der Waals surface area contributed by atoms with E-state index in [-0.39, 0.29) is 6.10 Å². The Hall–Kier alpha value is 0.230. The summed E-state index contributed by atoms with van der Waals surface area (Å²) in [6.07, 6.45) is 0.00297. The minimum absolute atomic E-state index is 0.00297. The van der Waals surface area contributed by atoms with Gasteiger partial charge < -0.3 is 4.52 Å². The van der Waals surface area contributed by atoms with E-state index in [0.717, 1.165) is 0 Å². The van der Waals surface area contributed by atoms with Crippen LogP contribution in [0.4, 0.5) is 0 Å². The third kappa shape index (κ3) is 4.72. The van der Waals surface area contributed by atoms with Crippen LogP contribution in [-0.2, 0) is 13.8 Å². The first-order chi connectivity index (χ1) is 4.20. The maximum absolute atomic E-state index is 4.92. The molecule has 56 valence electrons. The average molecular weight is 154 g/mol. The summed E-state index contributed by atoms with van der Waals surface area (Å²) in [6, 6.07) is 0. The van der Waals surface area contributed by atoms with Gasteiger partial charge in [-0.3, -0.25) is 0 Å². The zero-order valence-corrected chi connectivity index (χ0v) is 6.30. The quantitative estimate of drug-likeness (QED) is 0.453. The molecule has 0 saturated heterocycles. The van der Waals surface area contributed by atoms with Gasteiger partial charge >= 0.3 is 8.60 Å². The summed E-state index contributed by atoms with van der Waals surface area (Å²) >= 11 is 0. The van der Waals surface area contributed by atoms with Crippen LogP contribution >= 0.6 is 8.60 Å². The second kappa shape index (κ2) is 5.05. The van der Waals surface area contributed by atoms with Crippen molar-refractivity contribution in [1.29, 1.82) is 0 Å². The van der Waals surface area contributed by atoms with Crippen molar-refractivity contribution in [3.8, 4) is 0 Å². The van der Waals surface area contributed by atoms with Gasteiger partial charge in [0.25, 0.3) is 0 Å². The number of hydrogen-bond donors (Lipinski definition) is 2. The van der Waals surface area contributed by atoms with E-state index in [1.54, 1.807) is 0 Å². The van der Waals surface area contributed by atoms with E-state index in [1.807, 2.05) is 13.8 Å². The van der Waals surface area contributed by atoms with Crippen LogP contribution in [0.3, 0.4) is 0 Å². The predicted octanol–water partition coefficient (Wildman–Crippen LogP) is 0.419. The van der Waals surface area contributed by atoms with E-state index in [1.165, 1.54) is 0 Å². The Morgan fingerprint density at radius 1 is 1.22 bits per heavy atom. The van der Waals surface area contributed by atoms with Crippen molar-refractivity contribution in [2.45, 2.75) is 20.0 Å². The third-order valence-corrected chi connectivity index (χ3v) is 1.41. The topological polar surface area (TPSA) is 79.7 Å². The first-order valence-electron chi connectivity index (χ1n) is 2.41. The second-order valence-electron chi connectivity index (χ2n) is 1.59. The van der Waals surface area contributed by atoms with Gasteiger partial charge in [-0.1, -0.05) is 0 Å². The van der Waals surface area contributed by atoms with Gasteiger partial charge in [-0.25, -0.2) is 21.0 Å². The lowest BCUT2D eigenvalue weighted by molar-refractivity contribution is 0.135. The van der Waals surface area contributed by atoms with Crippen LogP contribution in [0.5, 0.6) is 0 Å². The molecular formula is C3H11N2O3P. The smallest absolute Gasteiger partial charge is 0.308 e. The highest BCUT2D eigenvalue weighted by Crippen LogP contribution is 2.36. The summed E-state index contributed by atoms with van der Waals surface area (Å²) in [7, 11) is -1.54. The van der Waals surface area contributed by atoms with Gasteiger partial charge in [0.1, 0.15) is 0 Å². The van der Waals surface area contributed by atoms with E-state index in [2.05, 4.69) is 9.25 Å². The number of rotatable bonds is 4. The fourth-order valence-corrected chi connectivity index (χ4v) is 0.740. The lowest BCUT2D eigenvalue weighted by Gasteiger charge is -2.11. The Balaban J connectivity index is 3.31. The van der Waals surface area contributed by atoms with Gasteiger partial charge in [0.05, 0.1) is 6.10 Å². The zero-order valence-electron chi connectivity index (χ0n) is 5.40. The van der Waals surface area contributed by atoms with E-state index in [9.17, 15) is 0 Å². The summed E-state index contributed by atoms with van der Waals surface area (Å²) in [4.78, 5) is 0. The van der Waals surface area contributed by atoms with Crippen molar-refractivity contribution >= 4 is 8.60 Å². The fourth-order valence-electron chi connectivity index (χ4n) is 0.247. The molecule has 0 atom stereocenters. The largest absolute Gasteiger partial charge is 0.368 e. The van der Waals surface area contributed by atoms with E-state index < -0.39 is 8.60 Å². The average Bonchev–Trinajstić information content (AvgIpc) is 1.82. The molecule has 0 aliphatic heterocycles. The van der Waals surface area contributed by atoms with E-state index in [4.69, 9.17) is 16.3 Å². The van der Waals surface area contributed by atoms with Crippen LogP contribution in [0.15, 0.2) is 0 Å². The minimum Gasteiger partial charge on any atom is -0.308 e. The Bertz CT molecular complexity index is 68.1. The number of nitrogens with two attached hydrogens (primary N) is 2. The van der Waals surface area contributed by atoms with Crippen molar-refractivity contribution in [3.63, 3.8) is 0 Å². The van der Waals surface area contributed by atoms with E-state index in [0.29, 0.717) is 0 Å². The Labute approximate surface area is 55.2 Å². The minimum atomic E-state index is -1.54. The van der Waals surface area contributed by atoms with Crippen molar-refractivity contribution in [2.24, 2.45) is 11.8 Å². The van der Waals surface area contributed by atoms with Crippen LogP contribution < -0.4 is 11.8 Å². The Morgan fingerprint density at radius 2 is 1.67 bits per heavy atom. The molecule has 0 aliphatic carbocycles. The van der Waals surface area contributed by atoms with Crippen LogP contribution in [0.2, 0.25) is 0 Å². The van der Waals surface area contributed by atoms with Crippen molar-refractivity contribution < 1.29 is 13.8 Å². The van der Waals surface area contributed by atoms with Gasteiger partial charge in [0.15, 0.2) is 0 Å². The molecule has 0 bridgehead atoms. The van der Waals surface area contributed by atoms with Crippen molar-refractivity contribution in [1.82, 2.24) is 0 Å². The van der Waals surface area contributed by atoms with Crippen molar-refractivity contribution in [2.75, 3.05) is 0 Å². The van der Waals surface area contributed by atoms with Gasteiger partial charge in [0, 0.05) is 0 Å². The van der Waals surface area contributed by atoms with Gasteiger partial charge in [-0.2, -0.15) is 0 Å². The summed E-state index contributed by atoms with van der Waals surface area (Å²) in [5, 5.41) is 0. The molecule has 0 aliphatic rings. The van der Waals surface area contributed by atoms with Gasteiger partial charge in [-0.15, -0.1) is 0 Å². The SMILES string of the molecule is CC(C)OP(ON)ON. The van der Waals surface area contributed by atoms with Crippen LogP contribution in [0, 0.1) is 0 Å². The normalized spacial score (nSPS) is 11.3. The first-order valence-corrected chi connectivity index (χ1v) is 3.50. The summed E-state index contributed by atoms with van der Waals surface area (Å²) in [6.45, 7) is 3.65. The highest BCUT2D eigenvalue weighted by molar-refractivity contribution is 7.41. The maximum Gasteiger partial charge on any atom is 0.368 e. The molecule has 0 fully saturated rings. The lowest BCUT2D eigenvalue weighted by atomic mass is 10.5. The molecule has 5 nitrogen and oxygen atoms in total. The first kappa shape index (κ1) is 9.23. The Kier molecular flexibility index (Phi) is 5.18. The van der Waals surface area contributed by atoms with Crippen molar-refractivity contribution in [3.05, 3.63) is 0 Å². The molecule has 0 aromatic heterocycles. The van der Waals surface area contributed by atoms with E-state index >= 15 is 0 Å². The molecule has 0 aromatic rings. The summed E-state index contributed by atoms with van der Waals surface area (Å²) < 4.78 is 13.3. The molecule has 0 amide bonds. The molecule has 6 heteroatoms. The van der Waals surface area contributed by atoms with Gasteiger partial charge in [0.2, 0.25) is 0 Å². The number of hydrogen-bond acceptors (Lipinski definition) is 5. The molecule has 0 heterocycles. The molecule has 0 aromatic carbocycles. The molecule has 0 rings (SSSR count). The molecule has 9 heavy (non-hydrogen) atoms. The monoisotopic (exact) mass is 154 g/mol. The van der Waals surface area contributed by atoms with Crippen LogP contribution in [-0.4, -0.2) is 6.10 Å². The van der Waals surface area contributed by atoms with Crippen LogP contribution in [0.1, 0.15) is 13.8 Å². The highest BCUT2D eigenvalue weighted by Gasteiger charge is 2.10. The molecule has 0 saturated carbocycles. The lowest BCUT2D eigenvalue weighted by Crippen LogP contribution is -2.07. The molecule has 0 unspecified atom stereocenters. The predicted molar refractivity (Wildman–Crippen MR) is 33.7 cm³/mol. The Morgan fingerprint density at radius 3 is 1.78 bits per heavy atom. The maximum atomic E-state index is 4.92. The summed E-state index contributed by atoms with van der Waals surface area (Å²) in [5.41, 5.74) is 0. The highest BCUT2D eigenvalue weighted by atomic mass is 31.2. The molecular weight excluding hydrogens is 143 g/mol. The standard InChI is InChI=1S/C3H11N2O3P/c1-3(2)6-9(7-4)8-5/h3H,4-5H2,1-2H3. The zero-order chi connectivity index (χ0) is 7.28. The molecule has 0 radical (unpaired) electrons. The fraction of sp³-hybridized carbons (Fsp3) is 1.00. The second-order valence-corrected chi connectivity index (χ2v) is 2.67. The van der Waals surface area contributed by atoms with Gasteiger partial charge in [-0.05, 0) is 13.8 Å². The summed E-state index contributed by atoms with van der Waals surface area (Å²) in [5.74, 6) is 9.46. The van der Waals surface area contributed by atoms with Crippen LogP contribution in [0.25, 0.3) is 0 Å². The molecule has 4 N–H and O–H groups in total. The molecule has 0 spiro atoms. The third-order valence-electron chi connectivity index (χ3n) is 0.469.